The first-order valence-corrected chi connectivity index (χ1v) is 3.06. The number of ether oxygens (including phenoxy) is 1. The molecule has 1 atom stereocenters. The van der Waals surface area contributed by atoms with Crippen LogP contribution in [0.4, 0.5) is 0 Å². The number of carbonyl (C=O) groups is 1. The fourth-order valence-electron chi connectivity index (χ4n) is 0.511. The van der Waals surface area contributed by atoms with E-state index in [0.717, 1.165) is 0 Å². The van der Waals surface area contributed by atoms with Crippen LogP contribution in [0.3, 0.4) is 0 Å². The van der Waals surface area contributed by atoms with Crippen molar-refractivity contribution in [1.29, 1.82) is 0 Å². The molecule has 0 saturated heterocycles. The molecule has 62 valence electrons. The SMILES string of the molecule is COC(=O)C(N)CCN=[N+]=[N-]. The fourth-order valence-corrected chi connectivity index (χ4v) is 0.511. The number of nitrogens with two attached hydrogens (primary N) is 1. The molecule has 6 heteroatoms. The van der Waals surface area contributed by atoms with Crippen LogP contribution in [0.25, 0.3) is 10.4 Å². The first-order valence-electron chi connectivity index (χ1n) is 3.06. The molecule has 0 heterocycles. The van der Waals surface area contributed by atoms with Gasteiger partial charge in [0.05, 0.1) is 7.11 Å². The zero-order valence-corrected chi connectivity index (χ0v) is 6.23. The van der Waals surface area contributed by atoms with E-state index >= 15 is 0 Å². The number of carbonyl (C=O) groups excluding carboxylic acids is 1. The van der Waals surface area contributed by atoms with Gasteiger partial charge in [-0.25, -0.2) is 0 Å². The summed E-state index contributed by atoms with van der Waals surface area (Å²) in [7, 11) is 1.26. The van der Waals surface area contributed by atoms with Gasteiger partial charge in [0.1, 0.15) is 6.04 Å². The second kappa shape index (κ2) is 5.52. The normalized spacial score (nSPS) is 11.5. The molecule has 0 aliphatic carbocycles. The quantitative estimate of drug-likeness (QED) is 0.273. The van der Waals surface area contributed by atoms with Crippen LogP contribution >= 0.6 is 0 Å². The molecule has 2 N–H and O–H groups in total. The molecule has 6 nitrogen and oxygen atoms in total. The zero-order valence-electron chi connectivity index (χ0n) is 6.23. The van der Waals surface area contributed by atoms with Crippen LogP contribution < -0.4 is 5.73 Å². The van der Waals surface area contributed by atoms with Gasteiger partial charge in [-0.1, -0.05) is 5.11 Å². The van der Waals surface area contributed by atoms with Crippen molar-refractivity contribution in [2.24, 2.45) is 10.8 Å². The largest absolute Gasteiger partial charge is 0.468 e. The van der Waals surface area contributed by atoms with Crippen LogP contribution in [0.2, 0.25) is 0 Å². The Morgan fingerprint density at radius 1 is 1.91 bits per heavy atom. The summed E-state index contributed by atoms with van der Waals surface area (Å²) >= 11 is 0. The van der Waals surface area contributed by atoms with Crippen LogP contribution in [-0.4, -0.2) is 25.7 Å². The molecule has 0 rings (SSSR count). The highest BCUT2D eigenvalue weighted by Gasteiger charge is 2.11. The number of hydrogen-bond acceptors (Lipinski definition) is 4. The van der Waals surface area contributed by atoms with E-state index in [4.69, 9.17) is 11.3 Å². The highest BCUT2D eigenvalue weighted by Crippen LogP contribution is 1.91. The molecule has 0 aromatic heterocycles. The Kier molecular flexibility index (Phi) is 4.89. The Hall–Kier alpha value is -1.26. The minimum Gasteiger partial charge on any atom is -0.468 e. The van der Waals surface area contributed by atoms with E-state index in [9.17, 15) is 4.79 Å². The van der Waals surface area contributed by atoms with Gasteiger partial charge in [0, 0.05) is 11.5 Å². The van der Waals surface area contributed by atoms with Gasteiger partial charge in [0.2, 0.25) is 0 Å². The van der Waals surface area contributed by atoms with Crippen molar-refractivity contribution in [2.75, 3.05) is 13.7 Å². The molecule has 0 spiro atoms. The van der Waals surface area contributed by atoms with Crippen molar-refractivity contribution >= 4 is 5.97 Å². The average molecular weight is 158 g/mol. The van der Waals surface area contributed by atoms with Gasteiger partial charge in [0.25, 0.3) is 0 Å². The standard InChI is InChI=1S/C5H10N4O2/c1-11-5(10)4(6)2-3-8-9-7/h4H,2-3,6H2,1H3. The van der Waals surface area contributed by atoms with E-state index < -0.39 is 12.0 Å². The fraction of sp³-hybridized carbons (Fsp3) is 0.800. The van der Waals surface area contributed by atoms with Crippen LogP contribution in [0, 0.1) is 0 Å². The molecule has 1 unspecified atom stereocenters. The summed E-state index contributed by atoms with van der Waals surface area (Å²) in [6, 6.07) is -0.689. The lowest BCUT2D eigenvalue weighted by Crippen LogP contribution is -2.32. The lowest BCUT2D eigenvalue weighted by Gasteiger charge is -2.05. The summed E-state index contributed by atoms with van der Waals surface area (Å²) in [6.07, 6.45) is 0.316. The molecule has 0 aromatic carbocycles. The maximum absolute atomic E-state index is 10.6. The average Bonchev–Trinajstić information content (AvgIpc) is 2.03. The molecule has 11 heavy (non-hydrogen) atoms. The first kappa shape index (κ1) is 9.74. The van der Waals surface area contributed by atoms with E-state index in [1.165, 1.54) is 7.11 Å². The first-order chi connectivity index (χ1) is 5.22. The van der Waals surface area contributed by atoms with Gasteiger partial charge in [-0.15, -0.1) is 0 Å². The molecular weight excluding hydrogens is 148 g/mol. The zero-order chi connectivity index (χ0) is 8.69. The maximum Gasteiger partial charge on any atom is 0.322 e. The van der Waals surface area contributed by atoms with Gasteiger partial charge in [-0.05, 0) is 12.0 Å². The second-order valence-corrected chi connectivity index (χ2v) is 1.87. The third-order valence-electron chi connectivity index (χ3n) is 1.11. The highest BCUT2D eigenvalue weighted by atomic mass is 16.5. The Morgan fingerprint density at radius 2 is 2.55 bits per heavy atom. The lowest BCUT2D eigenvalue weighted by atomic mass is 10.2. The van der Waals surface area contributed by atoms with Gasteiger partial charge >= 0.3 is 5.97 Å². The Labute approximate surface area is 63.9 Å². The molecule has 0 fully saturated rings. The smallest absolute Gasteiger partial charge is 0.322 e. The van der Waals surface area contributed by atoms with Crippen LogP contribution in [-0.2, 0) is 9.53 Å². The van der Waals surface area contributed by atoms with Gasteiger partial charge in [-0.3, -0.25) is 4.79 Å². The predicted molar refractivity (Wildman–Crippen MR) is 38.6 cm³/mol. The molecule has 0 amide bonds. The summed E-state index contributed by atoms with van der Waals surface area (Å²) in [4.78, 5) is 13.1. The van der Waals surface area contributed by atoms with E-state index in [1.807, 2.05) is 0 Å². The molecule has 0 radical (unpaired) electrons. The summed E-state index contributed by atoms with van der Waals surface area (Å²) in [5.74, 6) is -0.488. The minimum atomic E-state index is -0.689. The van der Waals surface area contributed by atoms with Gasteiger partial charge in [-0.2, -0.15) is 0 Å². The third-order valence-corrected chi connectivity index (χ3v) is 1.11. The second-order valence-electron chi connectivity index (χ2n) is 1.87. The maximum atomic E-state index is 10.6. The Morgan fingerprint density at radius 3 is 3.00 bits per heavy atom. The summed E-state index contributed by atoms with van der Waals surface area (Å²) in [6.45, 7) is 0.215. The van der Waals surface area contributed by atoms with Crippen molar-refractivity contribution in [3.63, 3.8) is 0 Å². The minimum absolute atomic E-state index is 0.215. The molecule has 0 aromatic rings. The molecular formula is C5H10N4O2. The van der Waals surface area contributed by atoms with Gasteiger partial charge < -0.3 is 10.5 Å². The van der Waals surface area contributed by atoms with E-state index in [1.54, 1.807) is 0 Å². The van der Waals surface area contributed by atoms with Crippen LogP contribution in [0.5, 0.6) is 0 Å². The van der Waals surface area contributed by atoms with E-state index in [0.29, 0.717) is 6.42 Å². The number of nitrogens with zero attached hydrogens (tertiary/aromatic N) is 3. The molecule has 0 bridgehead atoms. The van der Waals surface area contributed by atoms with Crippen LogP contribution in [0.1, 0.15) is 6.42 Å². The summed E-state index contributed by atoms with van der Waals surface area (Å²) < 4.78 is 4.34. The highest BCUT2D eigenvalue weighted by molar-refractivity contribution is 5.75. The Bertz CT molecular complexity index is 175. The summed E-state index contributed by atoms with van der Waals surface area (Å²) in [5, 5.41) is 3.22. The van der Waals surface area contributed by atoms with Crippen molar-refractivity contribution in [3.05, 3.63) is 10.4 Å². The number of rotatable bonds is 4. The van der Waals surface area contributed by atoms with Crippen molar-refractivity contribution in [2.45, 2.75) is 12.5 Å². The molecule has 0 aliphatic heterocycles. The van der Waals surface area contributed by atoms with Crippen molar-refractivity contribution < 1.29 is 9.53 Å². The van der Waals surface area contributed by atoms with E-state index in [2.05, 4.69) is 14.8 Å². The topological polar surface area (TPSA) is 101 Å². The molecule has 0 aliphatic rings. The van der Waals surface area contributed by atoms with Crippen molar-refractivity contribution in [1.82, 2.24) is 0 Å². The lowest BCUT2D eigenvalue weighted by molar-refractivity contribution is -0.142. The molecule has 0 saturated carbocycles. The summed E-state index contributed by atoms with van der Waals surface area (Å²) in [5.41, 5.74) is 13.2. The number of methoxy groups -OCH3 is 1. The Balaban J connectivity index is 3.59. The number of esters is 1. The predicted octanol–water partition coefficient (Wildman–Crippen LogP) is 0.187. The van der Waals surface area contributed by atoms with Crippen LogP contribution in [0.15, 0.2) is 5.11 Å². The van der Waals surface area contributed by atoms with Gasteiger partial charge in [0.15, 0.2) is 0 Å². The third kappa shape index (κ3) is 4.19. The number of hydrogen-bond donors (Lipinski definition) is 1. The number of azide groups is 1. The van der Waals surface area contributed by atoms with Crippen molar-refractivity contribution in [3.8, 4) is 0 Å². The van der Waals surface area contributed by atoms with E-state index in [-0.39, 0.29) is 6.54 Å². The monoisotopic (exact) mass is 158 g/mol.